The SMILES string of the molecule is Cc1c(Cl)cccc1NC(=O)C(C)(C)N. The number of nitrogens with one attached hydrogen (secondary N) is 1. The summed E-state index contributed by atoms with van der Waals surface area (Å²) in [4.78, 5) is 11.6. The summed E-state index contributed by atoms with van der Waals surface area (Å²) in [7, 11) is 0. The molecule has 1 rings (SSSR count). The maximum atomic E-state index is 11.6. The predicted octanol–water partition coefficient (Wildman–Crippen LogP) is 2.32. The number of benzene rings is 1. The third-order valence-corrected chi connectivity index (χ3v) is 2.51. The lowest BCUT2D eigenvalue weighted by atomic mass is 10.1. The first-order valence-electron chi connectivity index (χ1n) is 4.68. The molecule has 15 heavy (non-hydrogen) atoms. The zero-order valence-corrected chi connectivity index (χ0v) is 9.85. The number of halogens is 1. The lowest BCUT2D eigenvalue weighted by Gasteiger charge is -2.19. The van der Waals surface area contributed by atoms with Crippen LogP contribution in [0.25, 0.3) is 0 Å². The zero-order valence-electron chi connectivity index (χ0n) is 9.10. The number of carbonyl (C=O) groups is 1. The number of amides is 1. The third kappa shape index (κ3) is 2.94. The highest BCUT2D eigenvalue weighted by atomic mass is 35.5. The highest BCUT2D eigenvalue weighted by molar-refractivity contribution is 6.31. The first-order valence-corrected chi connectivity index (χ1v) is 5.05. The van der Waals surface area contributed by atoms with Gasteiger partial charge in [-0.3, -0.25) is 4.79 Å². The fourth-order valence-electron chi connectivity index (χ4n) is 1.03. The van der Waals surface area contributed by atoms with Crippen LogP contribution in [0.2, 0.25) is 5.02 Å². The van der Waals surface area contributed by atoms with E-state index >= 15 is 0 Å². The maximum absolute atomic E-state index is 11.6. The molecule has 1 amide bonds. The molecule has 0 aliphatic carbocycles. The van der Waals surface area contributed by atoms with Crippen LogP contribution >= 0.6 is 11.6 Å². The molecule has 0 aliphatic rings. The average Bonchev–Trinajstić information content (AvgIpc) is 2.11. The fourth-order valence-corrected chi connectivity index (χ4v) is 1.20. The fraction of sp³-hybridized carbons (Fsp3) is 0.364. The molecule has 0 aromatic heterocycles. The van der Waals surface area contributed by atoms with Crippen LogP contribution < -0.4 is 11.1 Å². The van der Waals surface area contributed by atoms with E-state index in [4.69, 9.17) is 17.3 Å². The van der Waals surface area contributed by atoms with Crippen LogP contribution in [0.15, 0.2) is 18.2 Å². The van der Waals surface area contributed by atoms with Crippen molar-refractivity contribution in [3.05, 3.63) is 28.8 Å². The van der Waals surface area contributed by atoms with Crippen LogP contribution in [-0.4, -0.2) is 11.4 Å². The molecule has 0 atom stereocenters. The van der Waals surface area contributed by atoms with Crippen molar-refractivity contribution >= 4 is 23.2 Å². The van der Waals surface area contributed by atoms with E-state index in [-0.39, 0.29) is 5.91 Å². The molecule has 0 radical (unpaired) electrons. The van der Waals surface area contributed by atoms with Gasteiger partial charge in [0.25, 0.3) is 0 Å². The molecule has 3 nitrogen and oxygen atoms in total. The van der Waals surface area contributed by atoms with E-state index in [0.29, 0.717) is 10.7 Å². The summed E-state index contributed by atoms with van der Waals surface area (Å²) in [6.07, 6.45) is 0. The normalized spacial score (nSPS) is 11.3. The van der Waals surface area contributed by atoms with Crippen molar-refractivity contribution in [2.24, 2.45) is 5.73 Å². The van der Waals surface area contributed by atoms with Crippen molar-refractivity contribution < 1.29 is 4.79 Å². The molecule has 0 saturated heterocycles. The first kappa shape index (κ1) is 12.0. The first-order chi connectivity index (χ1) is 6.82. The molecule has 82 valence electrons. The van der Waals surface area contributed by atoms with Gasteiger partial charge >= 0.3 is 0 Å². The molecule has 4 heteroatoms. The van der Waals surface area contributed by atoms with E-state index in [1.807, 2.05) is 6.92 Å². The molecule has 3 N–H and O–H groups in total. The van der Waals surface area contributed by atoms with Crippen molar-refractivity contribution in [1.29, 1.82) is 0 Å². The number of hydrogen-bond acceptors (Lipinski definition) is 2. The Morgan fingerprint density at radius 3 is 2.60 bits per heavy atom. The maximum Gasteiger partial charge on any atom is 0.243 e. The molecular weight excluding hydrogens is 212 g/mol. The third-order valence-electron chi connectivity index (χ3n) is 2.10. The quantitative estimate of drug-likeness (QED) is 0.813. The second-order valence-corrected chi connectivity index (χ2v) is 4.50. The zero-order chi connectivity index (χ0) is 11.6. The Kier molecular flexibility index (Phi) is 3.37. The summed E-state index contributed by atoms with van der Waals surface area (Å²) >= 11 is 5.93. The average molecular weight is 227 g/mol. The van der Waals surface area contributed by atoms with Gasteiger partial charge in [-0.15, -0.1) is 0 Å². The predicted molar refractivity (Wildman–Crippen MR) is 63.1 cm³/mol. The smallest absolute Gasteiger partial charge is 0.243 e. The van der Waals surface area contributed by atoms with Gasteiger partial charge in [0.15, 0.2) is 0 Å². The standard InChI is InChI=1S/C11H15ClN2O/c1-7-8(12)5-4-6-9(7)14-10(15)11(2,3)13/h4-6H,13H2,1-3H3,(H,14,15). The molecule has 1 aromatic carbocycles. The van der Waals surface area contributed by atoms with Crippen molar-refractivity contribution in [3.8, 4) is 0 Å². The minimum absolute atomic E-state index is 0.229. The summed E-state index contributed by atoms with van der Waals surface area (Å²) in [5.74, 6) is -0.229. The van der Waals surface area contributed by atoms with Gasteiger partial charge in [-0.25, -0.2) is 0 Å². The largest absolute Gasteiger partial charge is 0.324 e. The van der Waals surface area contributed by atoms with Crippen LogP contribution in [-0.2, 0) is 4.79 Å². The lowest BCUT2D eigenvalue weighted by molar-refractivity contribution is -0.120. The van der Waals surface area contributed by atoms with Crippen molar-refractivity contribution in [1.82, 2.24) is 0 Å². The molecule has 1 aromatic rings. The number of carbonyl (C=O) groups excluding carboxylic acids is 1. The Bertz CT molecular complexity index is 383. The van der Waals surface area contributed by atoms with Crippen molar-refractivity contribution in [2.45, 2.75) is 26.3 Å². The van der Waals surface area contributed by atoms with Crippen LogP contribution in [0.4, 0.5) is 5.69 Å². The topological polar surface area (TPSA) is 55.1 Å². The van der Waals surface area contributed by atoms with E-state index in [9.17, 15) is 4.79 Å². The van der Waals surface area contributed by atoms with E-state index in [0.717, 1.165) is 5.56 Å². The molecule has 0 heterocycles. The highest BCUT2D eigenvalue weighted by Crippen LogP contribution is 2.23. The molecular formula is C11H15ClN2O. The van der Waals surface area contributed by atoms with Crippen molar-refractivity contribution in [3.63, 3.8) is 0 Å². The van der Waals surface area contributed by atoms with Crippen molar-refractivity contribution in [2.75, 3.05) is 5.32 Å². The summed E-state index contributed by atoms with van der Waals surface area (Å²) in [6, 6.07) is 5.36. The summed E-state index contributed by atoms with van der Waals surface area (Å²) in [5.41, 5.74) is 6.32. The Balaban J connectivity index is 2.91. The second-order valence-electron chi connectivity index (χ2n) is 4.09. The van der Waals surface area contributed by atoms with Crippen LogP contribution in [0.1, 0.15) is 19.4 Å². The lowest BCUT2D eigenvalue weighted by Crippen LogP contribution is -2.45. The van der Waals surface area contributed by atoms with Gasteiger partial charge in [0.05, 0.1) is 5.54 Å². The summed E-state index contributed by atoms with van der Waals surface area (Å²) < 4.78 is 0. The summed E-state index contributed by atoms with van der Waals surface area (Å²) in [6.45, 7) is 5.16. The summed E-state index contributed by atoms with van der Waals surface area (Å²) in [5, 5.41) is 3.37. The van der Waals surface area contributed by atoms with Gasteiger partial charge in [-0.05, 0) is 38.5 Å². The van der Waals surface area contributed by atoms with Crippen LogP contribution in [0, 0.1) is 6.92 Å². The number of anilines is 1. The van der Waals surface area contributed by atoms with E-state index in [2.05, 4.69) is 5.32 Å². The van der Waals surface area contributed by atoms with Gasteiger partial charge in [0.1, 0.15) is 0 Å². The van der Waals surface area contributed by atoms with Crippen LogP contribution in [0.5, 0.6) is 0 Å². The number of rotatable bonds is 2. The molecule has 0 unspecified atom stereocenters. The van der Waals surface area contributed by atoms with E-state index in [1.165, 1.54) is 0 Å². The number of nitrogens with two attached hydrogens (primary N) is 1. The Labute approximate surface area is 94.6 Å². The second kappa shape index (κ2) is 4.21. The Morgan fingerprint density at radius 2 is 2.07 bits per heavy atom. The van der Waals surface area contributed by atoms with Gasteiger partial charge in [-0.1, -0.05) is 17.7 Å². The van der Waals surface area contributed by atoms with E-state index < -0.39 is 5.54 Å². The van der Waals surface area contributed by atoms with Gasteiger partial charge in [0, 0.05) is 10.7 Å². The molecule has 0 saturated carbocycles. The van der Waals surface area contributed by atoms with Crippen LogP contribution in [0.3, 0.4) is 0 Å². The minimum atomic E-state index is -0.894. The van der Waals surface area contributed by atoms with Gasteiger partial charge in [0.2, 0.25) is 5.91 Å². The van der Waals surface area contributed by atoms with Gasteiger partial charge < -0.3 is 11.1 Å². The molecule has 0 bridgehead atoms. The monoisotopic (exact) mass is 226 g/mol. The Morgan fingerprint density at radius 1 is 1.47 bits per heavy atom. The highest BCUT2D eigenvalue weighted by Gasteiger charge is 2.22. The Hall–Kier alpha value is -1.06. The molecule has 0 spiro atoms. The minimum Gasteiger partial charge on any atom is -0.324 e. The molecule has 0 aliphatic heterocycles. The van der Waals surface area contributed by atoms with E-state index in [1.54, 1.807) is 32.0 Å². The molecule has 0 fully saturated rings. The van der Waals surface area contributed by atoms with Gasteiger partial charge in [-0.2, -0.15) is 0 Å². The number of hydrogen-bond donors (Lipinski definition) is 2.